The van der Waals surface area contributed by atoms with Gasteiger partial charge >= 0.3 is 12.1 Å². The van der Waals surface area contributed by atoms with E-state index in [0.717, 1.165) is 36.1 Å². The van der Waals surface area contributed by atoms with Crippen molar-refractivity contribution in [3.8, 4) is 22.8 Å². The van der Waals surface area contributed by atoms with E-state index in [1.54, 1.807) is 24.9 Å². The van der Waals surface area contributed by atoms with Crippen LogP contribution in [0.15, 0.2) is 30.5 Å². The summed E-state index contributed by atoms with van der Waals surface area (Å²) in [6.45, 7) is 1.99. The number of hydrogen-bond donors (Lipinski definition) is 0. The van der Waals surface area contributed by atoms with Crippen molar-refractivity contribution >= 4 is 5.97 Å². The minimum atomic E-state index is -4.40. The number of rotatable bonds is 3. The fourth-order valence-corrected chi connectivity index (χ4v) is 3.66. The van der Waals surface area contributed by atoms with Crippen molar-refractivity contribution in [2.45, 2.75) is 32.4 Å². The van der Waals surface area contributed by atoms with Crippen molar-refractivity contribution in [2.75, 3.05) is 6.61 Å². The number of alkyl halides is 3. The number of halogens is 3. The number of nitrogens with zero attached hydrogens (tertiary/aromatic N) is 4. The fraction of sp³-hybridized carbons (Fsp3) is 0.333. The van der Waals surface area contributed by atoms with Crippen molar-refractivity contribution in [1.82, 2.24) is 19.7 Å². The summed E-state index contributed by atoms with van der Waals surface area (Å²) in [5.41, 5.74) is 3.05. The van der Waals surface area contributed by atoms with E-state index in [2.05, 4.69) is 15.1 Å². The van der Waals surface area contributed by atoms with Gasteiger partial charge in [0.05, 0.1) is 23.6 Å². The first-order chi connectivity index (χ1) is 14.3. The molecule has 4 rings (SSSR count). The number of aromatic nitrogens is 4. The Labute approximate surface area is 170 Å². The Balaban J connectivity index is 1.80. The van der Waals surface area contributed by atoms with E-state index in [1.807, 2.05) is 0 Å². The first-order valence-corrected chi connectivity index (χ1v) is 9.56. The predicted octanol–water partition coefficient (Wildman–Crippen LogP) is 4.23. The average Bonchev–Trinajstić information content (AvgIpc) is 2.92. The molecule has 0 amide bonds. The third-order valence-corrected chi connectivity index (χ3v) is 5.05. The summed E-state index contributed by atoms with van der Waals surface area (Å²) < 4.78 is 45.3. The zero-order chi connectivity index (χ0) is 21.5. The van der Waals surface area contributed by atoms with Gasteiger partial charge in [0, 0.05) is 24.4 Å². The summed E-state index contributed by atoms with van der Waals surface area (Å²) >= 11 is 0. The van der Waals surface area contributed by atoms with Crippen LogP contribution in [0.2, 0.25) is 0 Å². The molecule has 0 atom stereocenters. The highest BCUT2D eigenvalue weighted by molar-refractivity contribution is 5.91. The van der Waals surface area contributed by atoms with Gasteiger partial charge < -0.3 is 4.74 Å². The molecule has 0 unspecified atom stereocenters. The zero-order valence-electron chi connectivity index (χ0n) is 16.5. The first kappa shape index (κ1) is 20.1. The largest absolute Gasteiger partial charge is 0.461 e. The summed E-state index contributed by atoms with van der Waals surface area (Å²) in [6, 6.07) is 4.74. The minimum absolute atomic E-state index is 0.251. The van der Waals surface area contributed by atoms with Gasteiger partial charge in [-0.1, -0.05) is 12.1 Å². The number of carbonyl (C=O) groups is 1. The molecule has 0 saturated carbocycles. The second-order valence-corrected chi connectivity index (χ2v) is 7.02. The molecule has 1 aliphatic carbocycles. The van der Waals surface area contributed by atoms with Gasteiger partial charge in [0.25, 0.3) is 0 Å². The number of esters is 1. The molecule has 0 aliphatic heterocycles. The van der Waals surface area contributed by atoms with Crippen LogP contribution in [0.4, 0.5) is 13.2 Å². The number of ether oxygens (including phenoxy) is 1. The summed E-state index contributed by atoms with van der Waals surface area (Å²) in [5.74, 6) is -0.163. The SMILES string of the molecule is CCOC(=O)c1nn(C)c2c1CCCc1cnc(-c3ccc(C(F)(F)F)cc3)nc1-2. The van der Waals surface area contributed by atoms with Gasteiger partial charge in [-0.15, -0.1) is 0 Å². The molecule has 3 aromatic rings. The molecule has 0 fully saturated rings. The molecule has 0 spiro atoms. The fourth-order valence-electron chi connectivity index (χ4n) is 3.66. The number of fused-ring (bicyclic) bond motifs is 3. The molecule has 2 heterocycles. The van der Waals surface area contributed by atoms with Gasteiger partial charge in [-0.2, -0.15) is 18.3 Å². The Morgan fingerprint density at radius 1 is 1.20 bits per heavy atom. The highest BCUT2D eigenvalue weighted by Crippen LogP contribution is 2.35. The Kier molecular flexibility index (Phi) is 5.05. The quantitative estimate of drug-likeness (QED) is 0.598. The lowest BCUT2D eigenvalue weighted by Crippen LogP contribution is -2.08. The van der Waals surface area contributed by atoms with Gasteiger partial charge in [0.2, 0.25) is 0 Å². The lowest BCUT2D eigenvalue weighted by atomic mass is 10.1. The van der Waals surface area contributed by atoms with E-state index in [0.29, 0.717) is 29.2 Å². The lowest BCUT2D eigenvalue weighted by molar-refractivity contribution is -0.137. The van der Waals surface area contributed by atoms with Crippen LogP contribution in [0.1, 0.15) is 40.5 Å². The van der Waals surface area contributed by atoms with Crippen LogP contribution >= 0.6 is 0 Å². The van der Waals surface area contributed by atoms with Crippen LogP contribution < -0.4 is 0 Å². The van der Waals surface area contributed by atoms with Crippen LogP contribution in [0, 0.1) is 0 Å². The molecule has 0 radical (unpaired) electrons. The summed E-state index contributed by atoms with van der Waals surface area (Å²) in [5, 5.41) is 4.35. The standard InChI is InChI=1S/C21H19F3N4O2/c1-3-30-20(29)17-15-6-4-5-13-11-25-19(26-16(13)18(15)28(2)27-17)12-7-9-14(10-8-12)21(22,23)24/h7-11H,3-6H2,1-2H3. The maximum absolute atomic E-state index is 12.8. The summed E-state index contributed by atoms with van der Waals surface area (Å²) in [7, 11) is 1.73. The third kappa shape index (κ3) is 3.55. The van der Waals surface area contributed by atoms with Gasteiger partial charge in [0.15, 0.2) is 11.5 Å². The molecule has 156 valence electrons. The molecule has 1 aromatic carbocycles. The lowest BCUT2D eigenvalue weighted by Gasteiger charge is -2.10. The normalized spacial score (nSPS) is 13.4. The van der Waals surface area contributed by atoms with Crippen molar-refractivity contribution in [2.24, 2.45) is 7.05 Å². The van der Waals surface area contributed by atoms with E-state index in [4.69, 9.17) is 4.74 Å². The average molecular weight is 416 g/mol. The van der Waals surface area contributed by atoms with E-state index in [1.165, 1.54) is 12.1 Å². The van der Waals surface area contributed by atoms with E-state index < -0.39 is 17.7 Å². The number of aryl methyl sites for hydroxylation is 2. The molecule has 0 N–H and O–H groups in total. The highest BCUT2D eigenvalue weighted by atomic mass is 19.4. The third-order valence-electron chi connectivity index (χ3n) is 5.05. The van der Waals surface area contributed by atoms with Crippen LogP contribution in [0.5, 0.6) is 0 Å². The Bertz CT molecular complexity index is 1100. The van der Waals surface area contributed by atoms with Crippen molar-refractivity contribution in [3.05, 3.63) is 52.8 Å². The number of benzene rings is 1. The number of hydrogen-bond acceptors (Lipinski definition) is 5. The Morgan fingerprint density at radius 2 is 1.93 bits per heavy atom. The van der Waals surface area contributed by atoms with Crippen LogP contribution in [0.3, 0.4) is 0 Å². The molecule has 0 saturated heterocycles. The van der Waals surface area contributed by atoms with Gasteiger partial charge in [-0.25, -0.2) is 14.8 Å². The van der Waals surface area contributed by atoms with E-state index in [9.17, 15) is 18.0 Å². The van der Waals surface area contributed by atoms with Crippen LogP contribution in [-0.4, -0.2) is 32.3 Å². The molecule has 30 heavy (non-hydrogen) atoms. The Hall–Kier alpha value is -3.23. The van der Waals surface area contributed by atoms with Gasteiger partial charge in [-0.05, 0) is 43.9 Å². The Morgan fingerprint density at radius 3 is 2.60 bits per heavy atom. The molecule has 0 bridgehead atoms. The van der Waals surface area contributed by atoms with E-state index >= 15 is 0 Å². The molecule has 9 heteroatoms. The zero-order valence-corrected chi connectivity index (χ0v) is 16.5. The molecular formula is C21H19F3N4O2. The first-order valence-electron chi connectivity index (χ1n) is 9.56. The summed E-state index contributed by atoms with van der Waals surface area (Å²) in [6.07, 6.45) is -0.550. The van der Waals surface area contributed by atoms with E-state index in [-0.39, 0.29) is 12.3 Å². The van der Waals surface area contributed by atoms with Crippen LogP contribution in [-0.2, 0) is 30.8 Å². The molecule has 6 nitrogen and oxygen atoms in total. The van der Waals surface area contributed by atoms with Crippen LogP contribution in [0.25, 0.3) is 22.8 Å². The second-order valence-electron chi connectivity index (χ2n) is 7.02. The second kappa shape index (κ2) is 7.55. The smallest absolute Gasteiger partial charge is 0.416 e. The van der Waals surface area contributed by atoms with Crippen molar-refractivity contribution in [3.63, 3.8) is 0 Å². The predicted molar refractivity (Wildman–Crippen MR) is 103 cm³/mol. The van der Waals surface area contributed by atoms with Gasteiger partial charge in [0.1, 0.15) is 0 Å². The topological polar surface area (TPSA) is 69.9 Å². The maximum atomic E-state index is 12.8. The highest BCUT2D eigenvalue weighted by Gasteiger charge is 2.31. The molecule has 1 aliphatic rings. The van der Waals surface area contributed by atoms with Crippen molar-refractivity contribution < 1.29 is 22.7 Å². The van der Waals surface area contributed by atoms with Crippen molar-refractivity contribution in [1.29, 1.82) is 0 Å². The monoisotopic (exact) mass is 416 g/mol. The minimum Gasteiger partial charge on any atom is -0.461 e. The molecule has 2 aromatic heterocycles. The van der Waals surface area contributed by atoms with Gasteiger partial charge in [-0.3, -0.25) is 4.68 Å². The maximum Gasteiger partial charge on any atom is 0.416 e. The number of carbonyl (C=O) groups excluding carboxylic acids is 1. The summed E-state index contributed by atoms with van der Waals surface area (Å²) in [4.78, 5) is 21.3. The molecular weight excluding hydrogens is 397 g/mol.